The molecule has 0 bridgehead atoms. The standard InChI is InChI=1S/C25H25BrN2O4/c1-2-16-6-7-20-19(14-16)23(29)21-22(17-4-3-5-18(26)15-17)28(25(30)24(21)32-20)9-8-27-10-12-31-13-11-27/h3-7,14-15,22H,2,8-13H2,1H3. The number of benzene rings is 2. The zero-order valence-electron chi connectivity index (χ0n) is 18.0. The molecular formula is C25H25BrN2O4. The highest BCUT2D eigenvalue weighted by atomic mass is 79.9. The van der Waals surface area contributed by atoms with Crippen molar-refractivity contribution < 1.29 is 13.9 Å². The SMILES string of the molecule is CCc1ccc2oc3c(c(=O)c2c1)C(c1cccc(Br)c1)N(CCN1CCOCC1)C3=O. The van der Waals surface area contributed by atoms with Crippen LogP contribution in [0.4, 0.5) is 0 Å². The summed E-state index contributed by atoms with van der Waals surface area (Å²) in [6.07, 6.45) is 0.826. The summed E-state index contributed by atoms with van der Waals surface area (Å²) in [5.41, 5.74) is 2.74. The Kier molecular flexibility index (Phi) is 5.88. The molecule has 2 aliphatic rings. The van der Waals surface area contributed by atoms with Gasteiger partial charge in [-0.05, 0) is 41.8 Å². The number of aryl methyl sites for hydroxylation is 1. The molecule has 0 radical (unpaired) electrons. The van der Waals surface area contributed by atoms with E-state index < -0.39 is 6.04 Å². The van der Waals surface area contributed by atoms with Crippen LogP contribution in [0.15, 0.2) is 56.1 Å². The monoisotopic (exact) mass is 496 g/mol. The second-order valence-corrected chi connectivity index (χ2v) is 9.18. The van der Waals surface area contributed by atoms with Gasteiger partial charge in [0.25, 0.3) is 5.91 Å². The minimum atomic E-state index is -0.470. The van der Waals surface area contributed by atoms with Crippen LogP contribution in [-0.2, 0) is 11.2 Å². The number of amides is 1. The van der Waals surface area contributed by atoms with Crippen LogP contribution in [0, 0.1) is 0 Å². The lowest BCUT2D eigenvalue weighted by atomic mass is 9.98. The molecule has 1 amide bonds. The second kappa shape index (κ2) is 8.81. The highest BCUT2D eigenvalue weighted by Gasteiger charge is 2.42. The fourth-order valence-electron chi connectivity index (χ4n) is 4.62. The van der Waals surface area contributed by atoms with E-state index in [-0.39, 0.29) is 17.1 Å². The lowest BCUT2D eigenvalue weighted by molar-refractivity contribution is 0.0314. The molecule has 0 spiro atoms. The van der Waals surface area contributed by atoms with Crippen molar-refractivity contribution in [2.75, 3.05) is 39.4 Å². The van der Waals surface area contributed by atoms with Gasteiger partial charge in [0.2, 0.25) is 5.76 Å². The molecule has 5 rings (SSSR count). The fraction of sp³-hybridized carbons (Fsp3) is 0.360. The third-order valence-corrected chi connectivity index (χ3v) is 6.86. The van der Waals surface area contributed by atoms with Crippen molar-refractivity contribution in [2.45, 2.75) is 19.4 Å². The zero-order valence-corrected chi connectivity index (χ0v) is 19.6. The number of ether oxygens (including phenoxy) is 1. The number of carbonyl (C=O) groups is 1. The molecule has 166 valence electrons. The van der Waals surface area contributed by atoms with E-state index in [4.69, 9.17) is 9.15 Å². The van der Waals surface area contributed by atoms with E-state index in [1.807, 2.05) is 36.4 Å². The Bertz CT molecular complexity index is 1230. The predicted molar refractivity (Wildman–Crippen MR) is 126 cm³/mol. The Labute approximate surface area is 194 Å². The van der Waals surface area contributed by atoms with Crippen molar-refractivity contribution in [1.82, 2.24) is 9.80 Å². The maximum absolute atomic E-state index is 13.7. The first kappa shape index (κ1) is 21.4. The van der Waals surface area contributed by atoms with Gasteiger partial charge in [0.1, 0.15) is 5.58 Å². The summed E-state index contributed by atoms with van der Waals surface area (Å²) in [5.74, 6) is -0.0597. The Morgan fingerprint density at radius 2 is 1.88 bits per heavy atom. The van der Waals surface area contributed by atoms with E-state index in [0.29, 0.717) is 36.3 Å². The van der Waals surface area contributed by atoms with E-state index in [2.05, 4.69) is 27.8 Å². The molecule has 32 heavy (non-hydrogen) atoms. The van der Waals surface area contributed by atoms with Crippen molar-refractivity contribution in [3.8, 4) is 0 Å². The van der Waals surface area contributed by atoms with Crippen LogP contribution in [0.1, 0.15) is 40.2 Å². The number of carbonyl (C=O) groups excluding carboxylic acids is 1. The van der Waals surface area contributed by atoms with Crippen LogP contribution in [0.3, 0.4) is 0 Å². The number of halogens is 1. The summed E-state index contributed by atoms with van der Waals surface area (Å²) in [4.78, 5) is 31.2. The van der Waals surface area contributed by atoms with Gasteiger partial charge >= 0.3 is 0 Å². The molecule has 2 aromatic carbocycles. The molecule has 1 saturated heterocycles. The third-order valence-electron chi connectivity index (χ3n) is 6.36. The number of nitrogens with zero attached hydrogens (tertiary/aromatic N) is 2. The van der Waals surface area contributed by atoms with E-state index in [9.17, 15) is 9.59 Å². The number of hydrogen-bond donors (Lipinski definition) is 0. The minimum Gasteiger partial charge on any atom is -0.450 e. The summed E-state index contributed by atoms with van der Waals surface area (Å²) in [7, 11) is 0. The van der Waals surface area contributed by atoms with Gasteiger partial charge in [0.05, 0.1) is 30.2 Å². The first-order chi connectivity index (χ1) is 15.6. The molecule has 3 heterocycles. The van der Waals surface area contributed by atoms with Crippen LogP contribution in [0.2, 0.25) is 0 Å². The minimum absolute atomic E-state index is 0.122. The summed E-state index contributed by atoms with van der Waals surface area (Å²) >= 11 is 3.54. The molecule has 1 aromatic heterocycles. The van der Waals surface area contributed by atoms with Crippen molar-refractivity contribution in [1.29, 1.82) is 0 Å². The summed E-state index contributed by atoms with van der Waals surface area (Å²) in [5, 5.41) is 0.533. The van der Waals surface area contributed by atoms with Gasteiger partial charge < -0.3 is 14.1 Å². The highest BCUT2D eigenvalue weighted by molar-refractivity contribution is 9.10. The van der Waals surface area contributed by atoms with Gasteiger partial charge in [0, 0.05) is 30.7 Å². The molecule has 7 heteroatoms. The molecule has 1 atom stereocenters. The van der Waals surface area contributed by atoms with E-state index in [1.165, 1.54) is 0 Å². The Balaban J connectivity index is 1.61. The van der Waals surface area contributed by atoms with E-state index in [1.54, 1.807) is 11.0 Å². The summed E-state index contributed by atoms with van der Waals surface area (Å²) in [6, 6.07) is 13.0. The van der Waals surface area contributed by atoms with Crippen molar-refractivity contribution in [3.05, 3.63) is 79.6 Å². The predicted octanol–water partition coefficient (Wildman–Crippen LogP) is 4.00. The highest BCUT2D eigenvalue weighted by Crippen LogP contribution is 2.38. The van der Waals surface area contributed by atoms with Crippen molar-refractivity contribution >= 4 is 32.8 Å². The van der Waals surface area contributed by atoms with Crippen LogP contribution in [0.25, 0.3) is 11.0 Å². The average molecular weight is 497 g/mol. The van der Waals surface area contributed by atoms with Gasteiger partial charge in [-0.25, -0.2) is 0 Å². The first-order valence-electron chi connectivity index (χ1n) is 11.0. The van der Waals surface area contributed by atoms with Gasteiger partial charge in [0.15, 0.2) is 5.43 Å². The maximum Gasteiger partial charge on any atom is 0.290 e. The fourth-order valence-corrected chi connectivity index (χ4v) is 5.03. The number of morpholine rings is 1. The van der Waals surface area contributed by atoms with Crippen LogP contribution in [-0.4, -0.2) is 55.1 Å². The first-order valence-corrected chi connectivity index (χ1v) is 11.8. The van der Waals surface area contributed by atoms with Crippen molar-refractivity contribution in [3.63, 3.8) is 0 Å². The summed E-state index contributed by atoms with van der Waals surface area (Å²) < 4.78 is 12.4. The lowest BCUT2D eigenvalue weighted by Gasteiger charge is -2.31. The molecule has 2 aliphatic heterocycles. The van der Waals surface area contributed by atoms with Crippen LogP contribution in [0.5, 0.6) is 0 Å². The molecule has 0 N–H and O–H groups in total. The van der Waals surface area contributed by atoms with E-state index in [0.717, 1.165) is 41.7 Å². The van der Waals surface area contributed by atoms with Gasteiger partial charge in [-0.15, -0.1) is 0 Å². The van der Waals surface area contributed by atoms with Gasteiger partial charge in [-0.3, -0.25) is 14.5 Å². The van der Waals surface area contributed by atoms with E-state index >= 15 is 0 Å². The topological polar surface area (TPSA) is 63.0 Å². The van der Waals surface area contributed by atoms with Crippen LogP contribution >= 0.6 is 15.9 Å². The molecule has 3 aromatic rings. The zero-order chi connectivity index (χ0) is 22.2. The lowest BCUT2D eigenvalue weighted by Crippen LogP contribution is -2.42. The third kappa shape index (κ3) is 3.78. The Morgan fingerprint density at radius 1 is 1.06 bits per heavy atom. The average Bonchev–Trinajstić information content (AvgIpc) is 3.10. The molecule has 1 fully saturated rings. The molecular weight excluding hydrogens is 472 g/mol. The molecule has 6 nitrogen and oxygen atoms in total. The maximum atomic E-state index is 13.7. The molecule has 0 aliphatic carbocycles. The second-order valence-electron chi connectivity index (χ2n) is 8.27. The largest absolute Gasteiger partial charge is 0.450 e. The Morgan fingerprint density at radius 3 is 2.62 bits per heavy atom. The smallest absolute Gasteiger partial charge is 0.290 e. The van der Waals surface area contributed by atoms with Crippen molar-refractivity contribution in [2.24, 2.45) is 0 Å². The van der Waals surface area contributed by atoms with Crippen LogP contribution < -0.4 is 5.43 Å². The number of fused-ring (bicyclic) bond motifs is 2. The van der Waals surface area contributed by atoms with Gasteiger partial charge in [-0.1, -0.05) is 41.1 Å². The molecule has 0 saturated carbocycles. The number of rotatable bonds is 5. The normalized spacial score (nSPS) is 19.0. The quantitative estimate of drug-likeness (QED) is 0.534. The van der Waals surface area contributed by atoms with Gasteiger partial charge in [-0.2, -0.15) is 0 Å². The Hall–Kier alpha value is -2.48. The summed E-state index contributed by atoms with van der Waals surface area (Å²) in [6.45, 7) is 6.38. The number of hydrogen-bond acceptors (Lipinski definition) is 5. The molecule has 1 unspecified atom stereocenters.